The summed E-state index contributed by atoms with van der Waals surface area (Å²) in [6, 6.07) is 6.27. The quantitative estimate of drug-likeness (QED) is 0.520. The summed E-state index contributed by atoms with van der Waals surface area (Å²) in [5, 5.41) is 5.93. The van der Waals surface area contributed by atoms with E-state index in [0.29, 0.717) is 25.8 Å². The molecular weight excluding hydrogens is 481 g/mol. The van der Waals surface area contributed by atoms with E-state index in [9.17, 15) is 22.8 Å². The average Bonchev–Trinajstić information content (AvgIpc) is 3.52. The van der Waals surface area contributed by atoms with Crippen LogP contribution in [0.5, 0.6) is 0 Å². The van der Waals surface area contributed by atoms with Crippen LogP contribution in [0.4, 0.5) is 13.2 Å². The Balaban J connectivity index is 1.50. The molecule has 9 heteroatoms. The second-order valence-corrected chi connectivity index (χ2v) is 11.1. The highest BCUT2D eigenvalue weighted by Crippen LogP contribution is 2.32. The normalized spacial score (nSPS) is 22.8. The molecule has 6 nitrogen and oxygen atoms in total. The molecule has 2 N–H and O–H groups in total. The number of likely N-dealkylation sites (N-methyl/N-ethyl adjacent to an activating group) is 1. The lowest BCUT2D eigenvalue weighted by molar-refractivity contribution is -0.153. The van der Waals surface area contributed by atoms with Crippen molar-refractivity contribution in [2.24, 2.45) is 5.92 Å². The summed E-state index contributed by atoms with van der Waals surface area (Å²) in [6.07, 6.45) is 3.24. The van der Waals surface area contributed by atoms with E-state index in [1.165, 1.54) is 0 Å². The van der Waals surface area contributed by atoms with E-state index in [4.69, 9.17) is 0 Å². The number of nitrogens with zero attached hydrogens (tertiary/aromatic N) is 2. The number of halogens is 3. The maximum absolute atomic E-state index is 13.9. The van der Waals surface area contributed by atoms with Gasteiger partial charge in [0.25, 0.3) is 0 Å². The molecule has 3 atom stereocenters. The van der Waals surface area contributed by atoms with Crippen molar-refractivity contribution in [3.63, 3.8) is 0 Å². The number of carbonyl (C=O) groups is 2. The van der Waals surface area contributed by atoms with Gasteiger partial charge in [-0.25, -0.2) is 0 Å². The first kappa shape index (κ1) is 27.9. The number of fused-ring (bicyclic) bond motifs is 1. The minimum Gasteiger partial charge on any atom is -0.343 e. The Kier molecular flexibility index (Phi) is 9.16. The van der Waals surface area contributed by atoms with Crippen molar-refractivity contribution < 1.29 is 22.8 Å². The lowest BCUT2D eigenvalue weighted by Crippen LogP contribution is -2.58. The van der Waals surface area contributed by atoms with Crippen LogP contribution in [0.2, 0.25) is 0 Å². The van der Waals surface area contributed by atoms with E-state index < -0.39 is 24.8 Å². The number of likely N-dealkylation sites (tertiary alicyclic amines) is 1. The molecule has 1 saturated carbocycles. The fourth-order valence-corrected chi connectivity index (χ4v) is 6.39. The SMILES string of the molecule is CN[C@@H](C)C(=O)N[C@H](C(=O)N1CCC[C@H]1CN(CC(F)(F)F)C1Cc2ccccc2C1)C1CCCCC1. The van der Waals surface area contributed by atoms with Crippen LogP contribution in [0.25, 0.3) is 0 Å². The smallest absolute Gasteiger partial charge is 0.343 e. The maximum Gasteiger partial charge on any atom is 0.401 e. The standard InChI is InChI=1S/C28H41F3N4O2/c1-19(32-2)26(36)33-25(20-9-4-3-5-10-20)27(37)35-14-8-13-23(35)17-34(18-28(29,30)31)24-15-21-11-6-7-12-22(21)16-24/h6-7,11-12,19-20,23-25,32H,3-5,8-10,13-18H2,1-2H3,(H,33,36)/t19-,23-,25-/m0/s1. The third-order valence-corrected chi connectivity index (χ3v) is 8.55. The van der Waals surface area contributed by atoms with E-state index >= 15 is 0 Å². The number of hydrogen-bond acceptors (Lipinski definition) is 4. The Morgan fingerprint density at radius 1 is 1.05 bits per heavy atom. The highest BCUT2D eigenvalue weighted by atomic mass is 19.4. The molecule has 2 amide bonds. The monoisotopic (exact) mass is 522 g/mol. The molecule has 0 radical (unpaired) electrons. The summed E-state index contributed by atoms with van der Waals surface area (Å²) < 4.78 is 41.0. The molecule has 206 valence electrons. The lowest BCUT2D eigenvalue weighted by atomic mass is 9.83. The predicted molar refractivity (Wildman–Crippen MR) is 137 cm³/mol. The van der Waals surface area contributed by atoms with Gasteiger partial charge < -0.3 is 15.5 Å². The minimum absolute atomic E-state index is 0.0612. The van der Waals surface area contributed by atoms with Gasteiger partial charge in [-0.15, -0.1) is 0 Å². The van der Waals surface area contributed by atoms with Crippen molar-refractivity contribution in [2.75, 3.05) is 26.7 Å². The van der Waals surface area contributed by atoms with Gasteiger partial charge in [-0.05, 0) is 69.5 Å². The van der Waals surface area contributed by atoms with Crippen molar-refractivity contribution in [2.45, 2.75) is 95.1 Å². The molecule has 1 aromatic carbocycles. The Bertz CT molecular complexity index is 909. The van der Waals surface area contributed by atoms with Gasteiger partial charge in [0, 0.05) is 25.2 Å². The highest BCUT2D eigenvalue weighted by molar-refractivity contribution is 5.90. The zero-order chi connectivity index (χ0) is 26.6. The van der Waals surface area contributed by atoms with Crippen molar-refractivity contribution in [3.8, 4) is 0 Å². The van der Waals surface area contributed by atoms with Gasteiger partial charge in [0.1, 0.15) is 6.04 Å². The third kappa shape index (κ3) is 7.05. The van der Waals surface area contributed by atoms with E-state index in [-0.39, 0.29) is 36.4 Å². The van der Waals surface area contributed by atoms with Crippen molar-refractivity contribution >= 4 is 11.8 Å². The van der Waals surface area contributed by atoms with E-state index in [0.717, 1.165) is 49.7 Å². The molecule has 2 aliphatic carbocycles. The van der Waals surface area contributed by atoms with Crippen LogP contribution >= 0.6 is 0 Å². The fraction of sp³-hybridized carbons (Fsp3) is 0.714. The van der Waals surface area contributed by atoms with Crippen LogP contribution < -0.4 is 10.6 Å². The zero-order valence-corrected chi connectivity index (χ0v) is 22.0. The zero-order valence-electron chi connectivity index (χ0n) is 22.0. The lowest BCUT2D eigenvalue weighted by Gasteiger charge is -2.38. The number of carbonyl (C=O) groups excluding carboxylic acids is 2. The maximum atomic E-state index is 13.9. The van der Waals surface area contributed by atoms with Crippen molar-refractivity contribution in [1.29, 1.82) is 0 Å². The molecule has 0 aromatic heterocycles. The Morgan fingerprint density at radius 3 is 2.30 bits per heavy atom. The number of amides is 2. The van der Waals surface area contributed by atoms with E-state index in [1.54, 1.807) is 23.8 Å². The number of nitrogens with one attached hydrogen (secondary N) is 2. The van der Waals surface area contributed by atoms with Gasteiger partial charge in [0.2, 0.25) is 11.8 Å². The first-order valence-corrected chi connectivity index (χ1v) is 13.8. The van der Waals surface area contributed by atoms with Crippen LogP contribution in [0.3, 0.4) is 0 Å². The Morgan fingerprint density at radius 2 is 1.70 bits per heavy atom. The molecular formula is C28H41F3N4O2. The van der Waals surface area contributed by atoms with E-state index in [1.807, 2.05) is 24.3 Å². The highest BCUT2D eigenvalue weighted by Gasteiger charge is 2.42. The van der Waals surface area contributed by atoms with Crippen LogP contribution in [0.1, 0.15) is 63.0 Å². The van der Waals surface area contributed by atoms with E-state index in [2.05, 4.69) is 10.6 Å². The molecule has 0 bridgehead atoms. The first-order chi connectivity index (χ1) is 17.7. The van der Waals surface area contributed by atoms with Gasteiger partial charge in [-0.2, -0.15) is 13.2 Å². The molecule has 0 unspecified atom stereocenters. The van der Waals surface area contributed by atoms with Gasteiger partial charge in [0.05, 0.1) is 12.6 Å². The summed E-state index contributed by atoms with van der Waals surface area (Å²) >= 11 is 0. The molecule has 1 heterocycles. The number of benzene rings is 1. The van der Waals surface area contributed by atoms with Gasteiger partial charge in [-0.1, -0.05) is 43.5 Å². The largest absolute Gasteiger partial charge is 0.401 e. The Hall–Kier alpha value is -2.13. The summed E-state index contributed by atoms with van der Waals surface area (Å²) in [5.41, 5.74) is 2.22. The molecule has 2 fully saturated rings. The summed E-state index contributed by atoms with van der Waals surface area (Å²) in [5.74, 6) is -0.288. The molecule has 3 aliphatic rings. The molecule has 1 aromatic rings. The van der Waals surface area contributed by atoms with Crippen LogP contribution in [-0.2, 0) is 22.4 Å². The molecule has 4 rings (SSSR count). The molecule has 1 saturated heterocycles. The molecule has 0 spiro atoms. The third-order valence-electron chi connectivity index (χ3n) is 8.55. The summed E-state index contributed by atoms with van der Waals surface area (Å²) in [6.45, 7) is 1.49. The Labute approximate surface area is 218 Å². The van der Waals surface area contributed by atoms with Crippen LogP contribution in [0.15, 0.2) is 24.3 Å². The molecule has 37 heavy (non-hydrogen) atoms. The second-order valence-electron chi connectivity index (χ2n) is 11.1. The van der Waals surface area contributed by atoms with Crippen molar-refractivity contribution in [1.82, 2.24) is 20.4 Å². The summed E-state index contributed by atoms with van der Waals surface area (Å²) in [4.78, 5) is 30.0. The topological polar surface area (TPSA) is 64.7 Å². The fourth-order valence-electron chi connectivity index (χ4n) is 6.39. The van der Waals surface area contributed by atoms with Gasteiger partial charge in [-0.3, -0.25) is 14.5 Å². The number of rotatable bonds is 9. The van der Waals surface area contributed by atoms with Crippen molar-refractivity contribution in [3.05, 3.63) is 35.4 Å². The number of alkyl halides is 3. The van der Waals surface area contributed by atoms with Crippen LogP contribution in [0, 0.1) is 5.92 Å². The van der Waals surface area contributed by atoms with Crippen LogP contribution in [-0.4, -0.2) is 78.6 Å². The second kappa shape index (κ2) is 12.2. The predicted octanol–water partition coefficient (Wildman–Crippen LogP) is 3.68. The average molecular weight is 523 g/mol. The minimum atomic E-state index is -4.32. The molecule has 1 aliphatic heterocycles. The summed E-state index contributed by atoms with van der Waals surface area (Å²) in [7, 11) is 1.70. The number of hydrogen-bond donors (Lipinski definition) is 2. The first-order valence-electron chi connectivity index (χ1n) is 13.8. The van der Waals surface area contributed by atoms with Gasteiger partial charge >= 0.3 is 6.18 Å². The van der Waals surface area contributed by atoms with Gasteiger partial charge in [0.15, 0.2) is 0 Å².